The molecule has 136 valence electrons. The van der Waals surface area contributed by atoms with Crippen LogP contribution in [0.15, 0.2) is 28.9 Å². The Hall–Kier alpha value is -3.16. The van der Waals surface area contributed by atoms with Crippen LogP contribution in [0.4, 0.5) is 15.8 Å². The number of nitrogens with zero attached hydrogens (tertiary/aromatic N) is 1. The van der Waals surface area contributed by atoms with Crippen LogP contribution in [0, 0.1) is 12.7 Å². The number of carbonyl (C=O) groups is 3. The molecule has 0 aliphatic carbocycles. The molecule has 2 aromatic rings. The molecule has 3 rings (SSSR count). The lowest BCUT2D eigenvalue weighted by Gasteiger charge is -2.17. The minimum absolute atomic E-state index is 0.0345. The fraction of sp³-hybridized carbons (Fsp3) is 0.278. The number of benzene rings is 1. The number of amides is 2. The van der Waals surface area contributed by atoms with Gasteiger partial charge in [-0.2, -0.15) is 0 Å². The maximum absolute atomic E-state index is 14.4. The third-order valence-electron chi connectivity index (χ3n) is 4.16. The summed E-state index contributed by atoms with van der Waals surface area (Å²) in [6, 6.07) is 4.06. The highest BCUT2D eigenvalue weighted by Crippen LogP contribution is 2.27. The smallest absolute Gasteiger partial charge is 0.311 e. The van der Waals surface area contributed by atoms with Crippen molar-refractivity contribution in [3.63, 3.8) is 0 Å². The number of aliphatic carboxylic acids is 1. The lowest BCUT2D eigenvalue weighted by atomic mass is 10.1. The lowest BCUT2D eigenvalue weighted by Crippen LogP contribution is -2.24. The molecule has 8 heteroatoms. The van der Waals surface area contributed by atoms with E-state index in [1.54, 1.807) is 6.92 Å². The summed E-state index contributed by atoms with van der Waals surface area (Å²) >= 11 is 0. The number of carboxylic acids is 1. The molecule has 1 fully saturated rings. The zero-order valence-electron chi connectivity index (χ0n) is 14.0. The quantitative estimate of drug-likeness (QED) is 0.854. The number of hydrogen-bond donors (Lipinski definition) is 2. The van der Waals surface area contributed by atoms with Gasteiger partial charge in [0.05, 0.1) is 17.5 Å². The third-order valence-corrected chi connectivity index (χ3v) is 4.16. The van der Waals surface area contributed by atoms with E-state index in [0.29, 0.717) is 24.9 Å². The maximum atomic E-state index is 14.4. The van der Waals surface area contributed by atoms with Crippen LogP contribution in [-0.2, 0) is 16.0 Å². The van der Waals surface area contributed by atoms with Gasteiger partial charge in [-0.25, -0.2) is 4.39 Å². The van der Waals surface area contributed by atoms with Gasteiger partial charge in [0, 0.05) is 24.2 Å². The number of carbonyl (C=O) groups excluding carboxylic acids is 2. The van der Waals surface area contributed by atoms with Gasteiger partial charge < -0.3 is 19.7 Å². The number of hydrogen-bond acceptors (Lipinski definition) is 4. The van der Waals surface area contributed by atoms with Gasteiger partial charge in [0.25, 0.3) is 5.91 Å². The molecule has 0 unspecified atom stereocenters. The Bertz CT molecular complexity index is 890. The number of aryl methyl sites for hydroxylation is 1. The first-order chi connectivity index (χ1) is 12.4. The average molecular weight is 360 g/mol. The molecule has 2 heterocycles. The summed E-state index contributed by atoms with van der Waals surface area (Å²) in [5.41, 5.74) is 0.978. The van der Waals surface area contributed by atoms with E-state index in [4.69, 9.17) is 9.52 Å². The summed E-state index contributed by atoms with van der Waals surface area (Å²) in [5, 5.41) is 11.4. The molecule has 1 aliphatic heterocycles. The Labute approximate surface area is 148 Å². The van der Waals surface area contributed by atoms with E-state index in [9.17, 15) is 18.8 Å². The molecule has 1 saturated heterocycles. The Morgan fingerprint density at radius 1 is 1.38 bits per heavy atom. The van der Waals surface area contributed by atoms with Gasteiger partial charge >= 0.3 is 5.97 Å². The van der Waals surface area contributed by atoms with Crippen molar-refractivity contribution < 1.29 is 28.3 Å². The third kappa shape index (κ3) is 3.44. The van der Waals surface area contributed by atoms with Crippen molar-refractivity contribution >= 4 is 29.2 Å². The predicted molar refractivity (Wildman–Crippen MR) is 90.7 cm³/mol. The number of nitrogens with one attached hydrogen (secondary N) is 1. The van der Waals surface area contributed by atoms with Crippen LogP contribution < -0.4 is 10.2 Å². The van der Waals surface area contributed by atoms with Crippen molar-refractivity contribution in [3.8, 4) is 0 Å². The van der Waals surface area contributed by atoms with Crippen LogP contribution in [0.2, 0.25) is 0 Å². The molecule has 7 nitrogen and oxygen atoms in total. The highest BCUT2D eigenvalue weighted by atomic mass is 19.1. The van der Waals surface area contributed by atoms with Gasteiger partial charge in [0.2, 0.25) is 5.91 Å². The summed E-state index contributed by atoms with van der Waals surface area (Å²) in [6.07, 6.45) is 1.95. The molecule has 2 N–H and O–H groups in total. The molecule has 0 radical (unpaired) electrons. The average Bonchev–Trinajstić information content (AvgIpc) is 3.13. The summed E-state index contributed by atoms with van der Waals surface area (Å²) in [6.45, 7) is 2.08. The standard InChI is InChI=1S/C18H17FN2O5/c1-10-9-26-14(8-16(23)24)17(10)18(25)20-11-4-5-13(12(19)7-11)21-6-2-3-15(21)22/h4-5,7,9H,2-3,6,8H2,1H3,(H,20,25)(H,23,24). The van der Waals surface area contributed by atoms with E-state index < -0.39 is 24.1 Å². The Morgan fingerprint density at radius 3 is 2.77 bits per heavy atom. The first-order valence-electron chi connectivity index (χ1n) is 8.07. The highest BCUT2D eigenvalue weighted by molar-refractivity contribution is 6.06. The van der Waals surface area contributed by atoms with Gasteiger partial charge in [-0.15, -0.1) is 0 Å². The number of halogens is 1. The van der Waals surface area contributed by atoms with Crippen molar-refractivity contribution in [2.24, 2.45) is 0 Å². The second-order valence-corrected chi connectivity index (χ2v) is 6.06. The largest absolute Gasteiger partial charge is 0.481 e. The Balaban J connectivity index is 1.80. The summed E-state index contributed by atoms with van der Waals surface area (Å²) in [5.74, 6) is -2.43. The normalized spacial score (nSPS) is 13.9. The number of rotatable bonds is 5. The monoisotopic (exact) mass is 360 g/mol. The van der Waals surface area contributed by atoms with Crippen LogP contribution in [0.1, 0.15) is 34.5 Å². The zero-order chi connectivity index (χ0) is 18.8. The fourth-order valence-electron chi connectivity index (χ4n) is 2.97. The summed E-state index contributed by atoms with van der Waals surface area (Å²) in [4.78, 5) is 36.4. The van der Waals surface area contributed by atoms with Gasteiger partial charge in [-0.05, 0) is 31.5 Å². The van der Waals surface area contributed by atoms with Crippen LogP contribution >= 0.6 is 0 Å². The number of furan rings is 1. The predicted octanol–water partition coefficient (Wildman–Crippen LogP) is 2.73. The zero-order valence-corrected chi connectivity index (χ0v) is 14.0. The topological polar surface area (TPSA) is 99.8 Å². The maximum Gasteiger partial charge on any atom is 0.311 e. The van der Waals surface area contributed by atoms with Crippen molar-refractivity contribution in [1.29, 1.82) is 0 Å². The molecule has 0 atom stereocenters. The molecule has 1 aliphatic rings. The van der Waals surface area contributed by atoms with Gasteiger partial charge in [0.15, 0.2) is 0 Å². The molecular formula is C18H17FN2O5. The molecule has 1 aromatic carbocycles. The molecule has 26 heavy (non-hydrogen) atoms. The molecular weight excluding hydrogens is 343 g/mol. The van der Waals surface area contributed by atoms with Crippen molar-refractivity contribution in [3.05, 3.63) is 47.2 Å². The van der Waals surface area contributed by atoms with Crippen LogP contribution in [0.3, 0.4) is 0 Å². The molecule has 0 spiro atoms. The van der Waals surface area contributed by atoms with E-state index in [1.807, 2.05) is 0 Å². The van der Waals surface area contributed by atoms with Crippen molar-refractivity contribution in [2.45, 2.75) is 26.2 Å². The van der Waals surface area contributed by atoms with E-state index in [0.717, 1.165) is 6.07 Å². The molecule has 0 saturated carbocycles. The Kier molecular flexibility index (Phi) is 4.75. The van der Waals surface area contributed by atoms with E-state index in [-0.39, 0.29) is 28.6 Å². The van der Waals surface area contributed by atoms with Crippen molar-refractivity contribution in [2.75, 3.05) is 16.8 Å². The first-order valence-corrected chi connectivity index (χ1v) is 8.07. The second kappa shape index (κ2) is 6.99. The van der Waals surface area contributed by atoms with Gasteiger partial charge in [0.1, 0.15) is 18.0 Å². The van der Waals surface area contributed by atoms with E-state index in [1.165, 1.54) is 23.3 Å². The first kappa shape index (κ1) is 17.7. The van der Waals surface area contributed by atoms with Gasteiger partial charge in [-0.1, -0.05) is 0 Å². The fourth-order valence-corrected chi connectivity index (χ4v) is 2.97. The summed E-state index contributed by atoms with van der Waals surface area (Å²) in [7, 11) is 0. The number of carboxylic acid groups (broad SMARTS) is 1. The van der Waals surface area contributed by atoms with Crippen LogP contribution in [0.5, 0.6) is 0 Å². The Morgan fingerprint density at radius 2 is 2.15 bits per heavy atom. The number of anilines is 2. The SMILES string of the molecule is Cc1coc(CC(=O)O)c1C(=O)Nc1ccc(N2CCCC2=O)c(F)c1. The van der Waals surface area contributed by atoms with Crippen LogP contribution in [-0.4, -0.2) is 29.4 Å². The second-order valence-electron chi connectivity index (χ2n) is 6.06. The minimum Gasteiger partial charge on any atom is -0.481 e. The molecule has 2 amide bonds. The van der Waals surface area contributed by atoms with Gasteiger partial charge in [-0.3, -0.25) is 14.4 Å². The molecule has 0 bridgehead atoms. The van der Waals surface area contributed by atoms with Crippen LogP contribution in [0.25, 0.3) is 0 Å². The highest BCUT2D eigenvalue weighted by Gasteiger charge is 2.25. The van der Waals surface area contributed by atoms with Crippen molar-refractivity contribution in [1.82, 2.24) is 0 Å². The minimum atomic E-state index is -1.13. The van der Waals surface area contributed by atoms with E-state index in [2.05, 4.69) is 5.32 Å². The molecule has 1 aromatic heterocycles. The van der Waals surface area contributed by atoms with E-state index >= 15 is 0 Å². The summed E-state index contributed by atoms with van der Waals surface area (Å²) < 4.78 is 19.5. The lowest BCUT2D eigenvalue weighted by molar-refractivity contribution is -0.136.